The number of piperazine rings is 1. The summed E-state index contributed by atoms with van der Waals surface area (Å²) in [6, 6.07) is 1.24. The van der Waals surface area contributed by atoms with Crippen molar-refractivity contribution in [1.29, 1.82) is 0 Å². The maximum atomic E-state index is 10.3. The predicted octanol–water partition coefficient (Wildman–Crippen LogP) is 2.49. The van der Waals surface area contributed by atoms with Gasteiger partial charge in [0.1, 0.15) is 0 Å². The van der Waals surface area contributed by atoms with Gasteiger partial charge in [0.25, 0.3) is 0 Å². The lowest BCUT2D eigenvalue weighted by Gasteiger charge is -2.42. The van der Waals surface area contributed by atoms with E-state index in [-0.39, 0.29) is 6.10 Å². The van der Waals surface area contributed by atoms with Crippen molar-refractivity contribution >= 4 is 0 Å². The molecule has 1 heterocycles. The van der Waals surface area contributed by atoms with Gasteiger partial charge in [-0.1, -0.05) is 33.1 Å². The summed E-state index contributed by atoms with van der Waals surface area (Å²) in [5.41, 5.74) is 0. The van der Waals surface area contributed by atoms with E-state index in [2.05, 4.69) is 23.6 Å². The number of nitrogens with zero attached hydrogens (tertiary/aromatic N) is 2. The minimum Gasteiger partial charge on any atom is -0.391 e. The molecule has 1 aliphatic carbocycles. The lowest BCUT2D eigenvalue weighted by Crippen LogP contribution is -2.55. The van der Waals surface area contributed by atoms with Gasteiger partial charge in [0, 0.05) is 38.3 Å². The van der Waals surface area contributed by atoms with Gasteiger partial charge in [-0.3, -0.25) is 9.80 Å². The SMILES string of the molecule is CCCC(O)C(CC)N1CCN(C2CCCC2)CC1. The van der Waals surface area contributed by atoms with Crippen molar-refractivity contribution in [3.8, 4) is 0 Å². The molecule has 2 unspecified atom stereocenters. The molecule has 0 bridgehead atoms. The third-order valence-corrected chi connectivity index (χ3v) is 5.11. The highest BCUT2D eigenvalue weighted by Gasteiger charge is 2.30. The summed E-state index contributed by atoms with van der Waals surface area (Å²) in [4.78, 5) is 5.23. The first-order valence-electron chi connectivity index (χ1n) is 8.42. The zero-order chi connectivity index (χ0) is 13.7. The zero-order valence-electron chi connectivity index (χ0n) is 12.9. The van der Waals surface area contributed by atoms with Gasteiger partial charge in [-0.15, -0.1) is 0 Å². The largest absolute Gasteiger partial charge is 0.391 e. The molecular formula is C16H32N2O. The van der Waals surface area contributed by atoms with Crippen molar-refractivity contribution < 1.29 is 5.11 Å². The molecule has 2 rings (SSSR count). The summed E-state index contributed by atoms with van der Waals surface area (Å²) in [6.45, 7) is 9.09. The molecule has 1 aliphatic heterocycles. The lowest BCUT2D eigenvalue weighted by molar-refractivity contribution is 0.00467. The van der Waals surface area contributed by atoms with Crippen LogP contribution in [0.2, 0.25) is 0 Å². The quantitative estimate of drug-likeness (QED) is 0.802. The van der Waals surface area contributed by atoms with E-state index in [1.54, 1.807) is 0 Å². The molecule has 0 radical (unpaired) electrons. The number of aliphatic hydroxyl groups is 1. The van der Waals surface area contributed by atoms with Crippen LogP contribution >= 0.6 is 0 Å². The third-order valence-electron chi connectivity index (χ3n) is 5.11. The first-order valence-corrected chi connectivity index (χ1v) is 8.42. The topological polar surface area (TPSA) is 26.7 Å². The average molecular weight is 268 g/mol. The number of hydrogen-bond acceptors (Lipinski definition) is 3. The van der Waals surface area contributed by atoms with Gasteiger partial charge in [0.15, 0.2) is 0 Å². The number of aliphatic hydroxyl groups excluding tert-OH is 1. The normalized spacial score (nSPS) is 26.7. The summed E-state index contributed by atoms with van der Waals surface area (Å²) >= 11 is 0. The molecule has 0 aromatic heterocycles. The van der Waals surface area contributed by atoms with Crippen LogP contribution in [-0.2, 0) is 0 Å². The Labute approximate surface area is 119 Å². The second-order valence-electron chi connectivity index (χ2n) is 6.34. The van der Waals surface area contributed by atoms with Crippen molar-refractivity contribution in [3.05, 3.63) is 0 Å². The molecule has 3 heteroatoms. The monoisotopic (exact) mass is 268 g/mol. The molecule has 1 saturated carbocycles. The molecule has 19 heavy (non-hydrogen) atoms. The molecule has 0 aromatic rings. The standard InChI is InChI=1S/C16H32N2O/c1-3-7-16(19)15(4-2)18-12-10-17(11-13-18)14-8-5-6-9-14/h14-16,19H,3-13H2,1-2H3. The molecule has 2 aliphatic rings. The fourth-order valence-corrected chi connectivity index (χ4v) is 3.97. The maximum absolute atomic E-state index is 10.3. The van der Waals surface area contributed by atoms with E-state index in [1.807, 2.05) is 0 Å². The fourth-order valence-electron chi connectivity index (χ4n) is 3.97. The first-order chi connectivity index (χ1) is 9.26. The summed E-state index contributed by atoms with van der Waals surface area (Å²) in [5.74, 6) is 0. The van der Waals surface area contributed by atoms with Gasteiger partial charge >= 0.3 is 0 Å². The minimum atomic E-state index is -0.131. The van der Waals surface area contributed by atoms with Crippen LogP contribution in [0.3, 0.4) is 0 Å². The van der Waals surface area contributed by atoms with Crippen molar-refractivity contribution in [2.24, 2.45) is 0 Å². The Morgan fingerprint density at radius 2 is 1.68 bits per heavy atom. The highest BCUT2D eigenvalue weighted by atomic mass is 16.3. The van der Waals surface area contributed by atoms with Crippen LogP contribution in [0.4, 0.5) is 0 Å². The van der Waals surface area contributed by atoms with Crippen molar-refractivity contribution in [2.75, 3.05) is 26.2 Å². The van der Waals surface area contributed by atoms with Crippen LogP contribution in [0.1, 0.15) is 58.8 Å². The van der Waals surface area contributed by atoms with E-state index in [0.717, 1.165) is 38.4 Å². The van der Waals surface area contributed by atoms with E-state index in [9.17, 15) is 5.11 Å². The van der Waals surface area contributed by atoms with Crippen LogP contribution < -0.4 is 0 Å². The fraction of sp³-hybridized carbons (Fsp3) is 1.00. The highest BCUT2D eigenvalue weighted by Crippen LogP contribution is 2.25. The summed E-state index contributed by atoms with van der Waals surface area (Å²) in [7, 11) is 0. The van der Waals surface area contributed by atoms with Crippen molar-refractivity contribution in [2.45, 2.75) is 77.0 Å². The zero-order valence-corrected chi connectivity index (χ0v) is 12.9. The van der Waals surface area contributed by atoms with Gasteiger partial charge in [-0.05, 0) is 25.7 Å². The van der Waals surface area contributed by atoms with Crippen LogP contribution in [-0.4, -0.2) is 59.3 Å². The number of hydrogen-bond donors (Lipinski definition) is 1. The summed E-state index contributed by atoms with van der Waals surface area (Å²) in [6.07, 6.45) is 8.65. The molecule has 112 valence electrons. The Morgan fingerprint density at radius 1 is 1.05 bits per heavy atom. The summed E-state index contributed by atoms with van der Waals surface area (Å²) in [5, 5.41) is 10.3. The highest BCUT2D eigenvalue weighted by molar-refractivity contribution is 4.86. The van der Waals surface area contributed by atoms with Gasteiger partial charge in [0.2, 0.25) is 0 Å². The van der Waals surface area contributed by atoms with Crippen LogP contribution in [0.5, 0.6) is 0 Å². The van der Waals surface area contributed by atoms with Crippen LogP contribution in [0.25, 0.3) is 0 Å². The minimum absolute atomic E-state index is 0.131. The smallest absolute Gasteiger partial charge is 0.0695 e. The van der Waals surface area contributed by atoms with E-state index in [1.165, 1.54) is 38.8 Å². The van der Waals surface area contributed by atoms with Gasteiger partial charge in [0.05, 0.1) is 6.10 Å². The van der Waals surface area contributed by atoms with Crippen molar-refractivity contribution in [1.82, 2.24) is 9.80 Å². The molecule has 1 saturated heterocycles. The Kier molecular flexibility index (Phi) is 6.11. The molecule has 1 N–H and O–H groups in total. The Morgan fingerprint density at radius 3 is 2.21 bits per heavy atom. The van der Waals surface area contributed by atoms with E-state index < -0.39 is 0 Å². The maximum Gasteiger partial charge on any atom is 0.0695 e. The lowest BCUT2D eigenvalue weighted by atomic mass is 10.0. The second-order valence-corrected chi connectivity index (χ2v) is 6.34. The van der Waals surface area contributed by atoms with Gasteiger partial charge in [-0.25, -0.2) is 0 Å². The molecule has 0 spiro atoms. The third kappa shape index (κ3) is 3.93. The van der Waals surface area contributed by atoms with Crippen LogP contribution in [0.15, 0.2) is 0 Å². The Bertz CT molecular complexity index is 245. The van der Waals surface area contributed by atoms with E-state index in [0.29, 0.717) is 6.04 Å². The molecule has 0 aromatic carbocycles. The molecule has 3 nitrogen and oxygen atoms in total. The molecule has 2 fully saturated rings. The van der Waals surface area contributed by atoms with Crippen LogP contribution in [0, 0.1) is 0 Å². The molecular weight excluding hydrogens is 236 g/mol. The number of rotatable bonds is 6. The van der Waals surface area contributed by atoms with E-state index in [4.69, 9.17) is 0 Å². The Hall–Kier alpha value is -0.120. The Balaban J connectivity index is 1.80. The van der Waals surface area contributed by atoms with Gasteiger partial charge < -0.3 is 5.11 Å². The summed E-state index contributed by atoms with van der Waals surface area (Å²) < 4.78 is 0. The molecule has 2 atom stereocenters. The average Bonchev–Trinajstić information content (AvgIpc) is 2.95. The van der Waals surface area contributed by atoms with Gasteiger partial charge in [-0.2, -0.15) is 0 Å². The second kappa shape index (κ2) is 7.61. The first kappa shape index (κ1) is 15.3. The van der Waals surface area contributed by atoms with Crippen molar-refractivity contribution in [3.63, 3.8) is 0 Å². The van der Waals surface area contributed by atoms with E-state index >= 15 is 0 Å². The molecule has 0 amide bonds. The predicted molar refractivity (Wildman–Crippen MR) is 80.4 cm³/mol.